The van der Waals surface area contributed by atoms with Crippen LogP contribution >= 0.6 is 0 Å². The van der Waals surface area contributed by atoms with Crippen LogP contribution in [-0.4, -0.2) is 49.7 Å². The third-order valence-electron chi connectivity index (χ3n) is 6.47. The molecule has 0 aromatic heterocycles. The fourth-order valence-electron chi connectivity index (χ4n) is 4.76. The van der Waals surface area contributed by atoms with Crippen LogP contribution < -0.4 is 4.90 Å². The Bertz CT molecular complexity index is 996. The molecular formula is C28H31N2O+. The number of hydrogen-bond donors (Lipinski definition) is 0. The molecule has 2 heterocycles. The lowest BCUT2D eigenvalue weighted by atomic mass is 9.90. The summed E-state index contributed by atoms with van der Waals surface area (Å²) >= 11 is 0. The van der Waals surface area contributed by atoms with E-state index in [0.717, 1.165) is 26.3 Å². The number of allylic oxidation sites excluding steroid dienone is 5. The van der Waals surface area contributed by atoms with Gasteiger partial charge in [-0.05, 0) is 53.0 Å². The zero-order valence-electron chi connectivity index (χ0n) is 18.2. The molecule has 0 saturated carbocycles. The predicted octanol–water partition coefficient (Wildman–Crippen LogP) is 5.09. The maximum atomic E-state index is 5.50. The summed E-state index contributed by atoms with van der Waals surface area (Å²) in [5.74, 6) is 0. The summed E-state index contributed by atoms with van der Waals surface area (Å²) in [7, 11) is 0. The molecule has 0 radical (unpaired) electrons. The Morgan fingerprint density at radius 1 is 0.710 bits per heavy atom. The van der Waals surface area contributed by atoms with E-state index in [1.807, 2.05) is 0 Å². The van der Waals surface area contributed by atoms with Crippen molar-refractivity contribution in [1.29, 1.82) is 0 Å². The molecule has 2 saturated heterocycles. The van der Waals surface area contributed by atoms with Crippen molar-refractivity contribution in [1.82, 2.24) is 0 Å². The van der Waals surface area contributed by atoms with Crippen LogP contribution in [0.3, 0.4) is 0 Å². The molecule has 31 heavy (non-hydrogen) atoms. The molecule has 2 fully saturated rings. The Balaban J connectivity index is 1.49. The molecule has 0 N–H and O–H groups in total. The van der Waals surface area contributed by atoms with Gasteiger partial charge in [0.05, 0.1) is 13.2 Å². The van der Waals surface area contributed by atoms with Crippen molar-refractivity contribution < 1.29 is 9.31 Å². The van der Waals surface area contributed by atoms with Gasteiger partial charge in [0.25, 0.3) is 0 Å². The van der Waals surface area contributed by atoms with Crippen LogP contribution in [0.25, 0.3) is 5.57 Å². The van der Waals surface area contributed by atoms with Crippen molar-refractivity contribution >= 4 is 17.0 Å². The molecule has 2 aromatic rings. The Morgan fingerprint density at radius 2 is 1.35 bits per heavy atom. The summed E-state index contributed by atoms with van der Waals surface area (Å²) in [4.78, 5) is 2.41. The average molecular weight is 412 g/mol. The number of anilines is 1. The van der Waals surface area contributed by atoms with Crippen LogP contribution in [0.15, 0.2) is 84.5 Å². The van der Waals surface area contributed by atoms with Crippen molar-refractivity contribution in [3.63, 3.8) is 0 Å². The van der Waals surface area contributed by atoms with Crippen molar-refractivity contribution in [2.24, 2.45) is 0 Å². The van der Waals surface area contributed by atoms with Crippen LogP contribution in [0.2, 0.25) is 0 Å². The first kappa shape index (κ1) is 20.0. The number of piperidine rings is 1. The van der Waals surface area contributed by atoms with Gasteiger partial charge in [0.2, 0.25) is 0 Å². The summed E-state index contributed by atoms with van der Waals surface area (Å²) in [5.41, 5.74) is 7.70. The smallest absolute Gasteiger partial charge is 0.199 e. The molecule has 3 aliphatic rings. The minimum absolute atomic E-state index is 0.812. The third-order valence-corrected chi connectivity index (χ3v) is 6.47. The van der Waals surface area contributed by atoms with Gasteiger partial charge in [-0.3, -0.25) is 0 Å². The van der Waals surface area contributed by atoms with Crippen LogP contribution in [0.5, 0.6) is 0 Å². The maximum Gasteiger partial charge on any atom is 0.199 e. The SMILES string of the molecule is C1=CC(=[N+]2CCCCC2)C=CC1=C(c1ccccc1)c1ccc(N2CCOCC2)cc1. The lowest BCUT2D eigenvalue weighted by Gasteiger charge is -2.29. The largest absolute Gasteiger partial charge is 0.378 e. The Labute approximate surface area is 185 Å². The molecular weight excluding hydrogens is 380 g/mol. The van der Waals surface area contributed by atoms with E-state index in [1.54, 1.807) is 0 Å². The number of ether oxygens (including phenoxy) is 1. The first-order chi connectivity index (χ1) is 15.4. The molecule has 5 rings (SSSR count). The summed E-state index contributed by atoms with van der Waals surface area (Å²) in [6, 6.07) is 19.8. The highest BCUT2D eigenvalue weighted by atomic mass is 16.5. The Hall–Kier alpha value is -2.91. The molecule has 2 aliphatic heterocycles. The lowest BCUT2D eigenvalue weighted by Crippen LogP contribution is -2.36. The minimum atomic E-state index is 0.812. The van der Waals surface area contributed by atoms with Gasteiger partial charge in [0.1, 0.15) is 13.1 Å². The van der Waals surface area contributed by atoms with Crippen molar-refractivity contribution in [3.8, 4) is 0 Å². The summed E-state index contributed by atoms with van der Waals surface area (Å²) in [5, 5.41) is 0. The number of rotatable bonds is 3. The van der Waals surface area contributed by atoms with Gasteiger partial charge in [-0.1, -0.05) is 42.5 Å². The maximum absolute atomic E-state index is 5.50. The van der Waals surface area contributed by atoms with Crippen LogP contribution in [-0.2, 0) is 4.74 Å². The van der Waals surface area contributed by atoms with E-state index in [4.69, 9.17) is 4.74 Å². The second-order valence-electron chi connectivity index (χ2n) is 8.48. The molecule has 0 unspecified atom stereocenters. The van der Waals surface area contributed by atoms with Gasteiger partial charge in [0, 0.05) is 43.8 Å². The number of nitrogens with zero attached hydrogens (tertiary/aromatic N) is 2. The van der Waals surface area contributed by atoms with E-state index in [-0.39, 0.29) is 0 Å². The summed E-state index contributed by atoms with van der Waals surface area (Å²) in [6.45, 7) is 5.91. The molecule has 3 heteroatoms. The van der Waals surface area contributed by atoms with Gasteiger partial charge >= 0.3 is 0 Å². The van der Waals surface area contributed by atoms with Crippen molar-refractivity contribution in [2.45, 2.75) is 19.3 Å². The first-order valence-corrected chi connectivity index (χ1v) is 11.6. The second kappa shape index (κ2) is 9.49. The second-order valence-corrected chi connectivity index (χ2v) is 8.48. The zero-order valence-corrected chi connectivity index (χ0v) is 18.2. The number of benzene rings is 2. The molecule has 2 aromatic carbocycles. The standard InChI is InChI=1S/C28H31N2O/c1-3-7-23(8-4-1)28(24-9-13-26(14-10-24)29-17-5-2-6-18-29)25-11-15-27(16-12-25)30-19-21-31-22-20-30/h1,3-4,7-16H,2,5-6,17-22H2/q+1. The van der Waals surface area contributed by atoms with Gasteiger partial charge < -0.3 is 9.64 Å². The normalized spacial score (nSPS) is 19.1. The first-order valence-electron chi connectivity index (χ1n) is 11.6. The van der Waals surface area contributed by atoms with Crippen molar-refractivity contribution in [2.75, 3.05) is 44.3 Å². The van der Waals surface area contributed by atoms with Gasteiger partial charge in [-0.15, -0.1) is 0 Å². The number of hydrogen-bond acceptors (Lipinski definition) is 2. The van der Waals surface area contributed by atoms with E-state index < -0.39 is 0 Å². The molecule has 0 spiro atoms. The lowest BCUT2D eigenvalue weighted by molar-refractivity contribution is -0.535. The van der Waals surface area contributed by atoms with E-state index >= 15 is 0 Å². The molecule has 0 amide bonds. The van der Waals surface area contributed by atoms with Crippen LogP contribution in [0.4, 0.5) is 5.69 Å². The highest BCUT2D eigenvalue weighted by Gasteiger charge is 2.18. The van der Waals surface area contributed by atoms with E-state index in [1.165, 1.54) is 66.0 Å². The fraction of sp³-hybridized carbons (Fsp3) is 0.321. The average Bonchev–Trinajstić information content (AvgIpc) is 2.87. The van der Waals surface area contributed by atoms with Crippen LogP contribution in [0.1, 0.15) is 30.4 Å². The minimum Gasteiger partial charge on any atom is -0.378 e. The van der Waals surface area contributed by atoms with Gasteiger partial charge in [-0.2, -0.15) is 0 Å². The highest BCUT2D eigenvalue weighted by Crippen LogP contribution is 2.31. The van der Waals surface area contributed by atoms with Crippen molar-refractivity contribution in [3.05, 3.63) is 95.6 Å². The fourth-order valence-corrected chi connectivity index (χ4v) is 4.76. The number of morpholine rings is 1. The predicted molar refractivity (Wildman–Crippen MR) is 129 cm³/mol. The molecule has 0 bridgehead atoms. The Kier molecular flexibility index (Phi) is 6.13. The molecule has 158 valence electrons. The molecule has 0 atom stereocenters. The third kappa shape index (κ3) is 4.57. The molecule has 1 aliphatic carbocycles. The zero-order chi connectivity index (χ0) is 20.9. The topological polar surface area (TPSA) is 15.5 Å². The van der Waals surface area contributed by atoms with E-state index in [0.29, 0.717) is 0 Å². The summed E-state index contributed by atoms with van der Waals surface area (Å²) in [6.07, 6.45) is 13.2. The van der Waals surface area contributed by atoms with E-state index in [2.05, 4.69) is 88.4 Å². The monoisotopic (exact) mass is 411 g/mol. The van der Waals surface area contributed by atoms with Gasteiger partial charge in [-0.25, -0.2) is 4.58 Å². The highest BCUT2D eigenvalue weighted by molar-refractivity contribution is 6.04. The Morgan fingerprint density at radius 3 is 2.03 bits per heavy atom. The van der Waals surface area contributed by atoms with Crippen LogP contribution in [0, 0.1) is 0 Å². The van der Waals surface area contributed by atoms with Gasteiger partial charge in [0.15, 0.2) is 5.71 Å². The van der Waals surface area contributed by atoms with E-state index in [9.17, 15) is 0 Å². The molecule has 3 nitrogen and oxygen atoms in total. The summed E-state index contributed by atoms with van der Waals surface area (Å²) < 4.78 is 8.02. The quantitative estimate of drug-likeness (QED) is 0.654.